The average molecular weight is 432 g/mol. The molecule has 4 rings (SSSR count). The van der Waals surface area contributed by atoms with Gasteiger partial charge in [-0.2, -0.15) is 0 Å². The molecule has 0 radical (unpaired) electrons. The van der Waals surface area contributed by atoms with Gasteiger partial charge in [0, 0.05) is 25.3 Å². The monoisotopic (exact) mass is 431 g/mol. The zero-order valence-corrected chi connectivity index (χ0v) is 18.3. The van der Waals surface area contributed by atoms with E-state index in [9.17, 15) is 4.79 Å². The third kappa shape index (κ3) is 4.31. The highest BCUT2D eigenvalue weighted by Crippen LogP contribution is 2.32. The summed E-state index contributed by atoms with van der Waals surface area (Å²) >= 11 is 7.93. The summed E-state index contributed by atoms with van der Waals surface area (Å²) < 4.78 is 2.00. The molecule has 1 aromatic carbocycles. The Kier molecular flexibility index (Phi) is 6.45. The molecule has 0 saturated carbocycles. The molecule has 1 aliphatic carbocycles. The lowest BCUT2D eigenvalue weighted by Crippen LogP contribution is -2.31. The summed E-state index contributed by atoms with van der Waals surface area (Å²) in [6, 6.07) is 7.71. The van der Waals surface area contributed by atoms with Crippen LogP contribution in [0.3, 0.4) is 0 Å². The van der Waals surface area contributed by atoms with Crippen LogP contribution in [0.5, 0.6) is 0 Å². The zero-order valence-electron chi connectivity index (χ0n) is 16.7. The van der Waals surface area contributed by atoms with Gasteiger partial charge in [0.15, 0.2) is 5.16 Å². The Labute approximate surface area is 180 Å². The molecule has 0 atom stereocenters. The Balaban J connectivity index is 1.58. The number of amides is 1. The highest BCUT2D eigenvalue weighted by Gasteiger charge is 2.25. The van der Waals surface area contributed by atoms with E-state index in [2.05, 4.69) is 21.2 Å². The average Bonchev–Trinajstić information content (AvgIpc) is 3.48. The molecule has 29 heavy (non-hydrogen) atoms. The van der Waals surface area contributed by atoms with E-state index < -0.39 is 0 Å². The largest absolute Gasteiger partial charge is 0.341 e. The third-order valence-corrected chi connectivity index (χ3v) is 6.64. The maximum Gasteiger partial charge on any atom is 0.237 e. The van der Waals surface area contributed by atoms with Crippen molar-refractivity contribution >= 4 is 35.2 Å². The van der Waals surface area contributed by atoms with Crippen molar-refractivity contribution in [2.45, 2.75) is 44.2 Å². The lowest BCUT2D eigenvalue weighted by molar-refractivity contribution is -0.126. The first-order valence-corrected chi connectivity index (χ1v) is 11.6. The maximum absolute atomic E-state index is 12.9. The number of hydrogen-bond donors (Lipinski definition) is 0. The van der Waals surface area contributed by atoms with Crippen LogP contribution in [0.2, 0.25) is 5.02 Å². The van der Waals surface area contributed by atoms with Crippen LogP contribution in [-0.4, -0.2) is 51.0 Å². The van der Waals surface area contributed by atoms with E-state index in [4.69, 9.17) is 11.6 Å². The van der Waals surface area contributed by atoms with E-state index in [1.807, 2.05) is 40.7 Å². The zero-order chi connectivity index (χ0) is 20.2. The minimum atomic E-state index is 0.113. The van der Waals surface area contributed by atoms with Crippen molar-refractivity contribution in [2.24, 2.45) is 0 Å². The normalized spacial score (nSPS) is 16.3. The molecule has 6 nitrogen and oxygen atoms in total. The van der Waals surface area contributed by atoms with Crippen LogP contribution in [0.4, 0.5) is 5.95 Å². The first-order valence-electron chi connectivity index (χ1n) is 10.3. The fraction of sp³-hybridized carbons (Fsp3) is 0.476. The van der Waals surface area contributed by atoms with E-state index in [1.165, 1.54) is 11.8 Å². The van der Waals surface area contributed by atoms with Crippen molar-refractivity contribution in [3.05, 3.63) is 41.1 Å². The van der Waals surface area contributed by atoms with E-state index in [1.54, 1.807) is 0 Å². The summed E-state index contributed by atoms with van der Waals surface area (Å²) in [4.78, 5) is 17.0. The second kappa shape index (κ2) is 9.22. The molecule has 0 unspecified atom stereocenters. The predicted molar refractivity (Wildman–Crippen MR) is 118 cm³/mol. The number of carbonyl (C=O) groups excluding carboxylic acids is 1. The number of halogens is 1. The maximum atomic E-state index is 12.9. The van der Waals surface area contributed by atoms with Crippen LogP contribution in [0.15, 0.2) is 41.2 Å². The predicted octanol–water partition coefficient (Wildman–Crippen LogP) is 4.53. The number of benzene rings is 1. The molecule has 1 saturated heterocycles. The van der Waals surface area contributed by atoms with E-state index in [-0.39, 0.29) is 5.91 Å². The lowest BCUT2D eigenvalue weighted by Gasteiger charge is -2.22. The lowest BCUT2D eigenvalue weighted by atomic mass is 10.3. The molecular weight excluding hydrogens is 406 g/mol. The van der Waals surface area contributed by atoms with Crippen LogP contribution in [0.1, 0.15) is 39.0 Å². The number of rotatable bonds is 7. The number of para-hydroxylation sites is 1. The Morgan fingerprint density at radius 3 is 2.69 bits per heavy atom. The molecule has 0 spiro atoms. The number of anilines is 1. The van der Waals surface area contributed by atoms with Crippen molar-refractivity contribution < 1.29 is 4.79 Å². The molecule has 2 heterocycles. The van der Waals surface area contributed by atoms with Gasteiger partial charge < -0.3 is 9.80 Å². The van der Waals surface area contributed by atoms with E-state index >= 15 is 0 Å². The van der Waals surface area contributed by atoms with Gasteiger partial charge in [0.05, 0.1) is 16.5 Å². The molecule has 1 aliphatic heterocycles. The van der Waals surface area contributed by atoms with Crippen LogP contribution in [0.25, 0.3) is 5.69 Å². The summed E-state index contributed by atoms with van der Waals surface area (Å²) in [6.45, 7) is 4.65. The fourth-order valence-electron chi connectivity index (χ4n) is 3.96. The van der Waals surface area contributed by atoms with Gasteiger partial charge in [0.25, 0.3) is 0 Å². The molecule has 1 amide bonds. The van der Waals surface area contributed by atoms with Crippen molar-refractivity contribution in [3.8, 4) is 5.69 Å². The number of allylic oxidation sites excluding steroid dienone is 2. The molecule has 2 aliphatic rings. The standard InChI is InChI=1S/C21H26ClN5OS/c1-2-26(16-9-3-4-10-16)19(28)15-29-21-24-23-20(25-13-7-8-14-25)27(21)18-12-6-5-11-17(18)22/h5-6,9,11-12H,2-4,7-8,10,13-15H2,1H3. The smallest absolute Gasteiger partial charge is 0.237 e. The van der Waals surface area contributed by atoms with Gasteiger partial charge in [-0.25, -0.2) is 0 Å². The second-order valence-corrected chi connectivity index (χ2v) is 8.63. The van der Waals surface area contributed by atoms with E-state index in [0.717, 1.165) is 62.5 Å². The quantitative estimate of drug-likeness (QED) is 0.603. The first-order chi connectivity index (χ1) is 14.2. The Morgan fingerprint density at radius 1 is 1.21 bits per heavy atom. The summed E-state index contributed by atoms with van der Waals surface area (Å²) in [7, 11) is 0. The highest BCUT2D eigenvalue weighted by molar-refractivity contribution is 7.99. The molecule has 0 bridgehead atoms. The summed E-state index contributed by atoms with van der Waals surface area (Å²) in [5.41, 5.74) is 2.00. The second-order valence-electron chi connectivity index (χ2n) is 7.28. The Hall–Kier alpha value is -1.99. The Morgan fingerprint density at radius 2 is 2.00 bits per heavy atom. The van der Waals surface area contributed by atoms with Crippen molar-refractivity contribution in [3.63, 3.8) is 0 Å². The number of hydrogen-bond acceptors (Lipinski definition) is 5. The molecule has 154 valence electrons. The van der Waals surface area contributed by atoms with Gasteiger partial charge in [-0.1, -0.05) is 41.6 Å². The molecule has 1 aromatic heterocycles. The van der Waals surface area contributed by atoms with Crippen molar-refractivity contribution in [2.75, 3.05) is 30.3 Å². The van der Waals surface area contributed by atoms with Crippen LogP contribution in [-0.2, 0) is 4.79 Å². The fourth-order valence-corrected chi connectivity index (χ4v) is 5.00. The summed E-state index contributed by atoms with van der Waals surface area (Å²) in [6.07, 6.45) is 7.66. The first kappa shape index (κ1) is 20.3. The number of thioether (sulfide) groups is 1. The SMILES string of the molecule is CCN(C(=O)CSc1nnc(N2CCCC2)n1-c1ccccc1Cl)C1=CCCC1. The summed E-state index contributed by atoms with van der Waals surface area (Å²) in [5.74, 6) is 1.24. The van der Waals surface area contributed by atoms with Crippen LogP contribution < -0.4 is 4.90 Å². The number of aromatic nitrogens is 3. The van der Waals surface area contributed by atoms with Gasteiger partial charge >= 0.3 is 0 Å². The summed E-state index contributed by atoms with van der Waals surface area (Å²) in [5, 5.41) is 10.2. The molecule has 1 fully saturated rings. The molecule has 0 N–H and O–H groups in total. The Bertz CT molecular complexity index is 906. The molecular formula is C21H26ClN5OS. The van der Waals surface area contributed by atoms with Gasteiger partial charge in [-0.05, 0) is 51.2 Å². The minimum absolute atomic E-state index is 0.113. The third-order valence-electron chi connectivity index (χ3n) is 5.40. The van der Waals surface area contributed by atoms with Crippen LogP contribution >= 0.6 is 23.4 Å². The van der Waals surface area contributed by atoms with Gasteiger partial charge in [0.1, 0.15) is 0 Å². The number of carbonyl (C=O) groups is 1. The molecule has 2 aromatic rings. The topological polar surface area (TPSA) is 54.3 Å². The van der Waals surface area contributed by atoms with E-state index in [0.29, 0.717) is 22.5 Å². The van der Waals surface area contributed by atoms with Crippen LogP contribution in [0, 0.1) is 0 Å². The van der Waals surface area contributed by atoms with Gasteiger partial charge in [-0.3, -0.25) is 9.36 Å². The van der Waals surface area contributed by atoms with Gasteiger partial charge in [-0.15, -0.1) is 10.2 Å². The van der Waals surface area contributed by atoms with Crippen molar-refractivity contribution in [1.29, 1.82) is 0 Å². The molecule has 8 heteroatoms. The van der Waals surface area contributed by atoms with Crippen molar-refractivity contribution in [1.82, 2.24) is 19.7 Å². The van der Waals surface area contributed by atoms with Gasteiger partial charge in [0.2, 0.25) is 11.9 Å². The highest BCUT2D eigenvalue weighted by atomic mass is 35.5. The minimum Gasteiger partial charge on any atom is -0.341 e. The number of nitrogens with zero attached hydrogens (tertiary/aromatic N) is 5.